The van der Waals surface area contributed by atoms with Crippen LogP contribution in [0, 0.1) is 13.8 Å². The molecule has 100 valence electrons. The first kappa shape index (κ1) is 13.4. The number of hydrogen-bond donors (Lipinski definition) is 2. The first-order valence-corrected chi connectivity index (χ1v) is 6.06. The van der Waals surface area contributed by atoms with Crippen molar-refractivity contribution in [3.05, 3.63) is 45.8 Å². The summed E-state index contributed by atoms with van der Waals surface area (Å²) in [7, 11) is 0. The van der Waals surface area contributed by atoms with E-state index in [0.29, 0.717) is 18.0 Å². The maximum Gasteiger partial charge on any atom is 0.339 e. The van der Waals surface area contributed by atoms with Crippen LogP contribution in [0.25, 0.3) is 0 Å². The van der Waals surface area contributed by atoms with Gasteiger partial charge in [-0.15, -0.1) is 0 Å². The fourth-order valence-corrected chi connectivity index (χ4v) is 2.08. The zero-order valence-electron chi connectivity index (χ0n) is 10.5. The molecular weight excluding hydrogens is 268 g/mol. The maximum atomic E-state index is 11.2. The molecule has 0 aliphatic rings. The second-order valence-electron chi connectivity index (χ2n) is 4.12. The predicted molar refractivity (Wildman–Crippen MR) is 71.7 cm³/mol. The molecule has 0 bridgehead atoms. The Balaban J connectivity index is 2.25. The Morgan fingerprint density at radius 2 is 2.21 bits per heavy atom. The standard InChI is InChI=1S/C13H13ClN2O3/c1-7-9(8(2)19-16-7)6-15-11-5-3-4-10(14)12(11)13(17)18/h3-5,15H,6H2,1-2H3,(H,17,18). The number of carbonyl (C=O) groups is 1. The summed E-state index contributed by atoms with van der Waals surface area (Å²) in [5, 5.41) is 16.3. The number of nitrogens with zero attached hydrogens (tertiary/aromatic N) is 1. The highest BCUT2D eigenvalue weighted by atomic mass is 35.5. The SMILES string of the molecule is Cc1noc(C)c1CNc1cccc(Cl)c1C(=O)O. The number of carboxylic acid groups (broad SMARTS) is 1. The van der Waals surface area contributed by atoms with E-state index in [4.69, 9.17) is 21.2 Å². The van der Waals surface area contributed by atoms with E-state index in [1.165, 1.54) is 0 Å². The molecule has 1 aromatic carbocycles. The van der Waals surface area contributed by atoms with Gasteiger partial charge in [0.2, 0.25) is 0 Å². The highest BCUT2D eigenvalue weighted by Crippen LogP contribution is 2.25. The normalized spacial score (nSPS) is 10.5. The van der Waals surface area contributed by atoms with Gasteiger partial charge in [-0.2, -0.15) is 0 Å². The number of halogens is 1. The molecule has 19 heavy (non-hydrogen) atoms. The third-order valence-corrected chi connectivity index (χ3v) is 3.18. The highest BCUT2D eigenvalue weighted by molar-refractivity contribution is 6.34. The minimum atomic E-state index is -1.06. The predicted octanol–water partition coefficient (Wildman–Crippen LogP) is 3.26. The lowest BCUT2D eigenvalue weighted by Gasteiger charge is -2.10. The van der Waals surface area contributed by atoms with Crippen LogP contribution in [-0.2, 0) is 6.54 Å². The van der Waals surface area contributed by atoms with E-state index < -0.39 is 5.97 Å². The molecule has 2 rings (SSSR count). The van der Waals surface area contributed by atoms with Gasteiger partial charge < -0.3 is 14.9 Å². The fourth-order valence-electron chi connectivity index (χ4n) is 1.83. The number of aromatic nitrogens is 1. The van der Waals surface area contributed by atoms with Crippen molar-refractivity contribution >= 4 is 23.3 Å². The zero-order valence-corrected chi connectivity index (χ0v) is 11.3. The van der Waals surface area contributed by atoms with Crippen LogP contribution in [0.3, 0.4) is 0 Å². The average Bonchev–Trinajstić information content (AvgIpc) is 2.66. The zero-order chi connectivity index (χ0) is 14.0. The second-order valence-corrected chi connectivity index (χ2v) is 4.53. The van der Waals surface area contributed by atoms with Crippen LogP contribution in [0.2, 0.25) is 5.02 Å². The number of nitrogens with one attached hydrogen (secondary N) is 1. The molecule has 0 amide bonds. The topological polar surface area (TPSA) is 75.4 Å². The molecule has 0 saturated carbocycles. The van der Waals surface area contributed by atoms with Crippen LogP contribution in [0.1, 0.15) is 27.4 Å². The van der Waals surface area contributed by atoms with Crippen LogP contribution in [0.4, 0.5) is 5.69 Å². The van der Waals surface area contributed by atoms with Gasteiger partial charge in [0.25, 0.3) is 0 Å². The average molecular weight is 281 g/mol. The quantitative estimate of drug-likeness (QED) is 0.899. The third-order valence-electron chi connectivity index (χ3n) is 2.86. The van der Waals surface area contributed by atoms with E-state index >= 15 is 0 Å². The molecule has 0 saturated heterocycles. The summed E-state index contributed by atoms with van der Waals surface area (Å²) in [4.78, 5) is 11.2. The molecule has 0 atom stereocenters. The summed E-state index contributed by atoms with van der Waals surface area (Å²) in [6.07, 6.45) is 0. The molecule has 0 radical (unpaired) electrons. The first-order valence-electron chi connectivity index (χ1n) is 5.68. The van der Waals surface area contributed by atoms with E-state index in [1.54, 1.807) is 18.2 Å². The van der Waals surface area contributed by atoms with Crippen LogP contribution in [-0.4, -0.2) is 16.2 Å². The Labute approximate surface area is 115 Å². The van der Waals surface area contributed by atoms with E-state index in [0.717, 1.165) is 11.3 Å². The summed E-state index contributed by atoms with van der Waals surface area (Å²) in [6, 6.07) is 4.92. The summed E-state index contributed by atoms with van der Waals surface area (Å²) in [5.74, 6) is -0.351. The van der Waals surface area contributed by atoms with Crippen molar-refractivity contribution < 1.29 is 14.4 Å². The van der Waals surface area contributed by atoms with Crippen molar-refractivity contribution in [2.24, 2.45) is 0 Å². The van der Waals surface area contributed by atoms with Gasteiger partial charge in [0.15, 0.2) is 0 Å². The van der Waals surface area contributed by atoms with Gasteiger partial charge in [-0.25, -0.2) is 4.79 Å². The lowest BCUT2D eigenvalue weighted by Crippen LogP contribution is -2.07. The van der Waals surface area contributed by atoms with Crippen molar-refractivity contribution in [3.63, 3.8) is 0 Å². The Kier molecular flexibility index (Phi) is 3.76. The third kappa shape index (κ3) is 2.71. The van der Waals surface area contributed by atoms with E-state index in [2.05, 4.69) is 10.5 Å². The van der Waals surface area contributed by atoms with Gasteiger partial charge in [-0.3, -0.25) is 0 Å². The first-order chi connectivity index (χ1) is 9.00. The van der Waals surface area contributed by atoms with Gasteiger partial charge in [-0.05, 0) is 26.0 Å². The molecule has 0 aliphatic carbocycles. The number of rotatable bonds is 4. The van der Waals surface area contributed by atoms with E-state index in [1.807, 2.05) is 13.8 Å². The number of benzene rings is 1. The lowest BCUT2D eigenvalue weighted by molar-refractivity contribution is 0.0698. The number of aryl methyl sites for hydroxylation is 2. The van der Waals surface area contributed by atoms with Crippen molar-refractivity contribution in [3.8, 4) is 0 Å². The van der Waals surface area contributed by atoms with Crippen molar-refractivity contribution in [1.82, 2.24) is 5.16 Å². The molecule has 6 heteroatoms. The molecule has 1 heterocycles. The second kappa shape index (κ2) is 5.32. The molecule has 2 aromatic rings. The minimum absolute atomic E-state index is 0.0657. The number of aromatic carboxylic acids is 1. The molecule has 5 nitrogen and oxygen atoms in total. The summed E-state index contributed by atoms with van der Waals surface area (Å²) in [6.45, 7) is 4.08. The van der Waals surface area contributed by atoms with Crippen LogP contribution in [0.15, 0.2) is 22.7 Å². The molecular formula is C13H13ClN2O3. The molecule has 1 aromatic heterocycles. The van der Waals surface area contributed by atoms with Gasteiger partial charge in [0.1, 0.15) is 11.3 Å². The van der Waals surface area contributed by atoms with Crippen molar-refractivity contribution in [2.75, 3.05) is 5.32 Å². The van der Waals surface area contributed by atoms with Gasteiger partial charge in [0.05, 0.1) is 16.4 Å². The van der Waals surface area contributed by atoms with Crippen LogP contribution in [0.5, 0.6) is 0 Å². The van der Waals surface area contributed by atoms with Gasteiger partial charge in [-0.1, -0.05) is 22.8 Å². The molecule has 2 N–H and O–H groups in total. The smallest absolute Gasteiger partial charge is 0.339 e. The molecule has 0 aliphatic heterocycles. The Morgan fingerprint density at radius 1 is 1.47 bits per heavy atom. The van der Waals surface area contributed by atoms with Gasteiger partial charge >= 0.3 is 5.97 Å². The minimum Gasteiger partial charge on any atom is -0.478 e. The molecule has 0 unspecified atom stereocenters. The Bertz CT molecular complexity index is 603. The van der Waals surface area contributed by atoms with Crippen LogP contribution >= 0.6 is 11.6 Å². The maximum absolute atomic E-state index is 11.2. The molecule has 0 fully saturated rings. The summed E-state index contributed by atoms with van der Waals surface area (Å²) >= 11 is 5.90. The monoisotopic (exact) mass is 280 g/mol. The van der Waals surface area contributed by atoms with Crippen molar-refractivity contribution in [2.45, 2.75) is 20.4 Å². The Morgan fingerprint density at radius 3 is 2.79 bits per heavy atom. The highest BCUT2D eigenvalue weighted by Gasteiger charge is 2.15. The van der Waals surface area contributed by atoms with Crippen molar-refractivity contribution in [1.29, 1.82) is 0 Å². The van der Waals surface area contributed by atoms with E-state index in [9.17, 15) is 4.79 Å². The molecule has 0 spiro atoms. The largest absolute Gasteiger partial charge is 0.478 e. The van der Waals surface area contributed by atoms with E-state index in [-0.39, 0.29) is 10.6 Å². The summed E-state index contributed by atoms with van der Waals surface area (Å²) < 4.78 is 5.05. The van der Waals surface area contributed by atoms with Crippen LogP contribution < -0.4 is 5.32 Å². The lowest BCUT2D eigenvalue weighted by atomic mass is 10.1. The number of hydrogen-bond acceptors (Lipinski definition) is 4. The number of anilines is 1. The van der Waals surface area contributed by atoms with Gasteiger partial charge in [0, 0.05) is 12.1 Å². The number of carboxylic acids is 1. The summed E-state index contributed by atoms with van der Waals surface area (Å²) in [5.41, 5.74) is 2.23. The Hall–Kier alpha value is -2.01. The fraction of sp³-hybridized carbons (Fsp3) is 0.231.